The second kappa shape index (κ2) is 5.93. The zero-order chi connectivity index (χ0) is 14.8. The lowest BCUT2D eigenvalue weighted by atomic mass is 10.0. The van der Waals surface area contributed by atoms with Crippen molar-refractivity contribution in [1.29, 1.82) is 0 Å². The highest BCUT2D eigenvalue weighted by molar-refractivity contribution is 5.95. The Hall–Kier alpha value is -1.75. The van der Waals surface area contributed by atoms with E-state index in [9.17, 15) is 15.0 Å². The molecule has 0 spiro atoms. The normalized spacial score (nSPS) is 20.9. The van der Waals surface area contributed by atoms with E-state index in [0.29, 0.717) is 11.6 Å². The first-order valence-corrected chi connectivity index (χ1v) is 7.70. The largest absolute Gasteiger partial charge is 0.504 e. The van der Waals surface area contributed by atoms with E-state index in [1.54, 1.807) is 6.07 Å². The molecular weight excluding hydrogens is 268 g/mol. The summed E-state index contributed by atoms with van der Waals surface area (Å²) in [6.45, 7) is 3.93. The molecule has 1 amide bonds. The number of benzene rings is 1. The molecule has 2 saturated heterocycles. The molecule has 0 unspecified atom stereocenters. The number of carbonyl (C=O) groups excluding carboxylic acids is 1. The average molecular weight is 290 g/mol. The van der Waals surface area contributed by atoms with E-state index in [2.05, 4.69) is 4.90 Å². The number of rotatable bonds is 2. The molecule has 0 aromatic heterocycles. The summed E-state index contributed by atoms with van der Waals surface area (Å²) < 4.78 is 0. The number of phenolic OH excluding ortho intramolecular Hbond substituents is 2. The third-order valence-corrected chi connectivity index (χ3v) is 4.63. The van der Waals surface area contributed by atoms with Gasteiger partial charge in [-0.1, -0.05) is 0 Å². The van der Waals surface area contributed by atoms with Crippen LogP contribution in [0.15, 0.2) is 18.2 Å². The van der Waals surface area contributed by atoms with E-state index < -0.39 is 0 Å². The van der Waals surface area contributed by atoms with Gasteiger partial charge >= 0.3 is 0 Å². The van der Waals surface area contributed by atoms with Crippen molar-refractivity contribution in [2.75, 3.05) is 26.2 Å². The van der Waals surface area contributed by atoms with Gasteiger partial charge in [0.25, 0.3) is 5.91 Å². The number of hydrogen-bond donors (Lipinski definition) is 2. The molecule has 0 radical (unpaired) electrons. The van der Waals surface area contributed by atoms with Crippen molar-refractivity contribution in [2.24, 2.45) is 0 Å². The molecule has 1 aromatic rings. The van der Waals surface area contributed by atoms with Crippen LogP contribution < -0.4 is 0 Å². The number of aromatic hydroxyl groups is 2. The minimum absolute atomic E-state index is 0.0647. The quantitative estimate of drug-likeness (QED) is 0.815. The monoisotopic (exact) mass is 290 g/mol. The van der Waals surface area contributed by atoms with E-state index in [4.69, 9.17) is 0 Å². The van der Waals surface area contributed by atoms with Crippen molar-refractivity contribution in [2.45, 2.75) is 31.7 Å². The molecule has 5 heteroatoms. The van der Waals surface area contributed by atoms with Gasteiger partial charge in [0.05, 0.1) is 0 Å². The Kier molecular flexibility index (Phi) is 4.01. The van der Waals surface area contributed by atoms with Gasteiger partial charge in [-0.25, -0.2) is 0 Å². The van der Waals surface area contributed by atoms with Crippen molar-refractivity contribution in [3.63, 3.8) is 0 Å². The number of nitrogens with zero attached hydrogens (tertiary/aromatic N) is 2. The van der Waals surface area contributed by atoms with Crippen molar-refractivity contribution in [3.05, 3.63) is 23.8 Å². The van der Waals surface area contributed by atoms with Crippen LogP contribution in [0.4, 0.5) is 0 Å². The van der Waals surface area contributed by atoms with E-state index in [0.717, 1.165) is 25.9 Å². The predicted octanol–water partition coefficient (Wildman–Crippen LogP) is 1.80. The first-order valence-electron chi connectivity index (χ1n) is 7.70. The van der Waals surface area contributed by atoms with Crippen LogP contribution in [0.5, 0.6) is 11.5 Å². The summed E-state index contributed by atoms with van der Waals surface area (Å²) in [6.07, 6.45) is 4.64. The van der Waals surface area contributed by atoms with Crippen LogP contribution in [0.25, 0.3) is 0 Å². The maximum Gasteiger partial charge on any atom is 0.253 e. The van der Waals surface area contributed by atoms with Gasteiger partial charge in [0, 0.05) is 24.7 Å². The molecule has 2 N–H and O–H groups in total. The van der Waals surface area contributed by atoms with Gasteiger partial charge in [-0.15, -0.1) is 0 Å². The van der Waals surface area contributed by atoms with Crippen molar-refractivity contribution in [1.82, 2.24) is 9.80 Å². The smallest absolute Gasteiger partial charge is 0.253 e. The summed E-state index contributed by atoms with van der Waals surface area (Å²) in [4.78, 5) is 16.8. The topological polar surface area (TPSA) is 64.0 Å². The Labute approximate surface area is 124 Å². The molecule has 1 aromatic carbocycles. The van der Waals surface area contributed by atoms with Gasteiger partial charge in [-0.05, 0) is 57.0 Å². The zero-order valence-electron chi connectivity index (χ0n) is 12.2. The van der Waals surface area contributed by atoms with Crippen LogP contribution in [0.2, 0.25) is 0 Å². The van der Waals surface area contributed by atoms with E-state index >= 15 is 0 Å². The van der Waals surface area contributed by atoms with Crippen molar-refractivity contribution in [3.8, 4) is 11.5 Å². The van der Waals surface area contributed by atoms with Crippen molar-refractivity contribution >= 4 is 5.91 Å². The van der Waals surface area contributed by atoms with E-state index in [1.165, 1.54) is 38.1 Å². The fraction of sp³-hybridized carbons (Fsp3) is 0.562. The molecule has 2 aliphatic heterocycles. The Balaban J connectivity index is 1.60. The Morgan fingerprint density at radius 3 is 2.29 bits per heavy atom. The Bertz CT molecular complexity index is 518. The Morgan fingerprint density at radius 2 is 1.67 bits per heavy atom. The van der Waals surface area contributed by atoms with Crippen LogP contribution in [-0.4, -0.2) is 58.1 Å². The van der Waals surface area contributed by atoms with Crippen LogP contribution in [0, 0.1) is 0 Å². The molecule has 0 atom stereocenters. The minimum atomic E-state index is -0.243. The number of piperidine rings is 1. The highest BCUT2D eigenvalue weighted by Gasteiger charge is 2.28. The summed E-state index contributed by atoms with van der Waals surface area (Å²) in [5.74, 6) is -0.503. The fourth-order valence-corrected chi connectivity index (χ4v) is 3.38. The second-order valence-corrected chi connectivity index (χ2v) is 5.97. The lowest BCUT2D eigenvalue weighted by Crippen LogP contribution is -2.45. The summed E-state index contributed by atoms with van der Waals surface area (Å²) in [6, 6.07) is 4.87. The number of likely N-dealkylation sites (tertiary alicyclic amines) is 2. The van der Waals surface area contributed by atoms with Crippen LogP contribution >= 0.6 is 0 Å². The summed E-state index contributed by atoms with van der Waals surface area (Å²) in [5.41, 5.74) is 0.435. The summed E-state index contributed by atoms with van der Waals surface area (Å²) in [7, 11) is 0. The molecule has 2 fully saturated rings. The van der Waals surface area contributed by atoms with Crippen LogP contribution in [-0.2, 0) is 0 Å². The number of phenols is 2. The number of hydrogen-bond acceptors (Lipinski definition) is 4. The summed E-state index contributed by atoms with van der Waals surface area (Å²) in [5, 5.41) is 18.8. The molecular formula is C16H22N2O3. The molecule has 2 aliphatic rings. The number of amides is 1. The molecule has 0 aliphatic carbocycles. The molecule has 21 heavy (non-hydrogen) atoms. The maximum atomic E-state index is 12.4. The van der Waals surface area contributed by atoms with Gasteiger partial charge in [-0.2, -0.15) is 0 Å². The molecule has 2 heterocycles. The molecule has 0 bridgehead atoms. The summed E-state index contributed by atoms with van der Waals surface area (Å²) >= 11 is 0. The standard InChI is InChI=1S/C16H22N2O3/c19-14-4-3-12(11-15(14)20)16(21)18-9-5-13(6-10-18)17-7-1-2-8-17/h3-4,11,13,19-20H,1-2,5-10H2. The highest BCUT2D eigenvalue weighted by atomic mass is 16.3. The van der Waals surface area contributed by atoms with E-state index in [1.807, 2.05) is 4.90 Å². The minimum Gasteiger partial charge on any atom is -0.504 e. The maximum absolute atomic E-state index is 12.4. The van der Waals surface area contributed by atoms with Gasteiger partial charge in [0.1, 0.15) is 0 Å². The third-order valence-electron chi connectivity index (χ3n) is 4.63. The molecule has 114 valence electrons. The first kappa shape index (κ1) is 14.2. The molecule has 3 rings (SSSR count). The van der Waals surface area contributed by atoms with Crippen LogP contribution in [0.3, 0.4) is 0 Å². The lowest BCUT2D eigenvalue weighted by Gasteiger charge is -2.36. The molecule has 0 saturated carbocycles. The number of carbonyl (C=O) groups is 1. The van der Waals surface area contributed by atoms with Gasteiger partial charge in [-0.3, -0.25) is 4.79 Å². The van der Waals surface area contributed by atoms with Gasteiger partial charge in [0.15, 0.2) is 11.5 Å². The lowest BCUT2D eigenvalue weighted by molar-refractivity contribution is 0.0644. The third kappa shape index (κ3) is 2.97. The fourth-order valence-electron chi connectivity index (χ4n) is 3.38. The van der Waals surface area contributed by atoms with Crippen molar-refractivity contribution < 1.29 is 15.0 Å². The van der Waals surface area contributed by atoms with Gasteiger partial charge in [0.2, 0.25) is 0 Å². The highest BCUT2D eigenvalue weighted by Crippen LogP contribution is 2.27. The first-order chi connectivity index (χ1) is 10.1. The van der Waals surface area contributed by atoms with Gasteiger partial charge < -0.3 is 20.0 Å². The zero-order valence-corrected chi connectivity index (χ0v) is 12.2. The SMILES string of the molecule is O=C(c1ccc(O)c(O)c1)N1CCC(N2CCCC2)CC1. The second-order valence-electron chi connectivity index (χ2n) is 5.97. The van der Waals surface area contributed by atoms with E-state index in [-0.39, 0.29) is 17.4 Å². The Morgan fingerprint density at radius 1 is 1.00 bits per heavy atom. The predicted molar refractivity (Wildman–Crippen MR) is 79.5 cm³/mol. The van der Waals surface area contributed by atoms with Crippen LogP contribution in [0.1, 0.15) is 36.0 Å². The average Bonchev–Trinajstić information content (AvgIpc) is 3.04. The molecule has 5 nitrogen and oxygen atoms in total.